The van der Waals surface area contributed by atoms with Crippen LogP contribution in [0.3, 0.4) is 0 Å². The van der Waals surface area contributed by atoms with Crippen molar-refractivity contribution in [1.29, 1.82) is 0 Å². The lowest BCUT2D eigenvalue weighted by atomic mass is 9.80. The SMILES string of the molecule is C=CCC(C)NC(=O)C(C(=O)OCC)C(C)(C)C. The fourth-order valence-corrected chi connectivity index (χ4v) is 1.71. The van der Waals surface area contributed by atoms with Crippen molar-refractivity contribution in [3.8, 4) is 0 Å². The highest BCUT2D eigenvalue weighted by atomic mass is 16.5. The quantitative estimate of drug-likeness (QED) is 0.450. The molecule has 0 aromatic rings. The number of hydrogen-bond acceptors (Lipinski definition) is 3. The van der Waals surface area contributed by atoms with Gasteiger partial charge in [-0.2, -0.15) is 0 Å². The normalized spacial score (nSPS) is 14.5. The Morgan fingerprint density at radius 2 is 1.94 bits per heavy atom. The van der Waals surface area contributed by atoms with Crippen molar-refractivity contribution in [3.63, 3.8) is 0 Å². The molecule has 0 aliphatic heterocycles. The molecule has 2 unspecified atom stereocenters. The summed E-state index contributed by atoms with van der Waals surface area (Å²) in [5.41, 5.74) is -0.468. The summed E-state index contributed by atoms with van der Waals surface area (Å²) in [5, 5.41) is 2.82. The lowest BCUT2D eigenvalue weighted by molar-refractivity contribution is -0.156. The second-order valence-electron chi connectivity index (χ2n) is 5.49. The maximum atomic E-state index is 12.1. The Labute approximate surface area is 110 Å². The molecule has 0 bridgehead atoms. The number of amides is 1. The van der Waals surface area contributed by atoms with Crippen LogP contribution in [0, 0.1) is 11.3 Å². The molecule has 18 heavy (non-hydrogen) atoms. The first-order valence-corrected chi connectivity index (χ1v) is 6.31. The zero-order valence-corrected chi connectivity index (χ0v) is 12.1. The number of carbonyl (C=O) groups is 2. The highest BCUT2D eigenvalue weighted by Gasteiger charge is 2.39. The molecule has 0 aliphatic carbocycles. The van der Waals surface area contributed by atoms with Gasteiger partial charge in [0.1, 0.15) is 5.92 Å². The fourth-order valence-electron chi connectivity index (χ4n) is 1.71. The van der Waals surface area contributed by atoms with Crippen molar-refractivity contribution in [1.82, 2.24) is 5.32 Å². The summed E-state index contributed by atoms with van der Waals surface area (Å²) in [4.78, 5) is 24.0. The van der Waals surface area contributed by atoms with Crippen LogP contribution >= 0.6 is 0 Å². The Morgan fingerprint density at radius 1 is 1.39 bits per heavy atom. The fraction of sp³-hybridized carbons (Fsp3) is 0.714. The smallest absolute Gasteiger partial charge is 0.319 e. The first-order valence-electron chi connectivity index (χ1n) is 6.31. The molecule has 0 aromatic heterocycles. The van der Waals surface area contributed by atoms with Crippen LogP contribution in [-0.2, 0) is 14.3 Å². The third-order valence-electron chi connectivity index (χ3n) is 2.56. The van der Waals surface area contributed by atoms with Gasteiger partial charge in [-0.3, -0.25) is 9.59 Å². The van der Waals surface area contributed by atoms with Crippen LogP contribution in [0.4, 0.5) is 0 Å². The summed E-state index contributed by atoms with van der Waals surface area (Å²) in [6.07, 6.45) is 2.41. The van der Waals surface area contributed by atoms with Crippen LogP contribution in [0.15, 0.2) is 12.7 Å². The van der Waals surface area contributed by atoms with Crippen molar-refractivity contribution in [2.45, 2.75) is 47.1 Å². The molecule has 0 heterocycles. The van der Waals surface area contributed by atoms with E-state index in [0.717, 1.165) is 0 Å². The average molecular weight is 255 g/mol. The van der Waals surface area contributed by atoms with Crippen LogP contribution in [0.1, 0.15) is 41.0 Å². The standard InChI is InChI=1S/C14H25NO3/c1-7-9-10(3)15-12(16)11(14(4,5)6)13(17)18-8-2/h7,10-11H,1,8-9H2,2-6H3,(H,15,16). The predicted octanol–water partition coefficient (Wildman–Crippen LogP) is 2.29. The summed E-state index contributed by atoms with van der Waals surface area (Å²) in [7, 11) is 0. The first-order chi connectivity index (χ1) is 8.23. The van der Waals surface area contributed by atoms with Gasteiger partial charge in [-0.25, -0.2) is 0 Å². The summed E-state index contributed by atoms with van der Waals surface area (Å²) in [5.74, 6) is -1.53. The van der Waals surface area contributed by atoms with Gasteiger partial charge in [-0.05, 0) is 25.7 Å². The Balaban J connectivity index is 4.82. The molecule has 104 valence electrons. The van der Waals surface area contributed by atoms with E-state index in [0.29, 0.717) is 6.42 Å². The van der Waals surface area contributed by atoms with E-state index in [1.165, 1.54) is 0 Å². The molecule has 0 saturated heterocycles. The highest BCUT2D eigenvalue weighted by Crippen LogP contribution is 2.27. The minimum Gasteiger partial charge on any atom is -0.465 e. The van der Waals surface area contributed by atoms with E-state index in [-0.39, 0.29) is 18.6 Å². The van der Waals surface area contributed by atoms with Crippen LogP contribution in [0.5, 0.6) is 0 Å². The zero-order valence-electron chi connectivity index (χ0n) is 12.1. The number of esters is 1. The molecule has 2 atom stereocenters. The van der Waals surface area contributed by atoms with E-state index in [2.05, 4.69) is 11.9 Å². The van der Waals surface area contributed by atoms with Gasteiger partial charge in [-0.1, -0.05) is 26.8 Å². The Hall–Kier alpha value is -1.32. The third kappa shape index (κ3) is 5.34. The molecule has 0 spiro atoms. The van der Waals surface area contributed by atoms with Crippen molar-refractivity contribution in [2.24, 2.45) is 11.3 Å². The summed E-state index contributed by atoms with van der Waals surface area (Å²) < 4.78 is 4.97. The van der Waals surface area contributed by atoms with Crippen LogP contribution < -0.4 is 5.32 Å². The van der Waals surface area contributed by atoms with E-state index in [4.69, 9.17) is 4.74 Å². The number of nitrogens with one attached hydrogen (secondary N) is 1. The van der Waals surface area contributed by atoms with Crippen molar-refractivity contribution in [2.75, 3.05) is 6.61 Å². The molecule has 0 fully saturated rings. The molecule has 1 amide bonds. The summed E-state index contributed by atoms with van der Waals surface area (Å²) >= 11 is 0. The number of rotatable bonds is 6. The first kappa shape index (κ1) is 16.7. The van der Waals surface area contributed by atoms with Crippen molar-refractivity contribution < 1.29 is 14.3 Å². The van der Waals surface area contributed by atoms with Gasteiger partial charge in [0.25, 0.3) is 0 Å². The minimum atomic E-state index is -0.787. The van der Waals surface area contributed by atoms with Gasteiger partial charge in [0.15, 0.2) is 0 Å². The van der Waals surface area contributed by atoms with Crippen molar-refractivity contribution in [3.05, 3.63) is 12.7 Å². The van der Waals surface area contributed by atoms with E-state index in [1.807, 2.05) is 27.7 Å². The molecule has 1 N–H and O–H groups in total. The van der Waals surface area contributed by atoms with Crippen LogP contribution in [-0.4, -0.2) is 24.5 Å². The van der Waals surface area contributed by atoms with Gasteiger partial charge in [0.05, 0.1) is 6.61 Å². The molecule has 0 radical (unpaired) electrons. The lowest BCUT2D eigenvalue weighted by Gasteiger charge is -2.28. The lowest BCUT2D eigenvalue weighted by Crippen LogP contribution is -2.46. The Bertz CT molecular complexity index is 305. The largest absolute Gasteiger partial charge is 0.465 e. The van der Waals surface area contributed by atoms with Gasteiger partial charge < -0.3 is 10.1 Å². The summed E-state index contributed by atoms with van der Waals surface area (Å²) in [6, 6.07) is -0.0331. The topological polar surface area (TPSA) is 55.4 Å². The maximum Gasteiger partial charge on any atom is 0.319 e. The Morgan fingerprint density at radius 3 is 2.33 bits per heavy atom. The molecule has 4 heteroatoms. The molecule has 0 rings (SSSR count). The zero-order chi connectivity index (χ0) is 14.3. The van der Waals surface area contributed by atoms with E-state index in [9.17, 15) is 9.59 Å². The van der Waals surface area contributed by atoms with E-state index < -0.39 is 17.3 Å². The van der Waals surface area contributed by atoms with E-state index >= 15 is 0 Å². The van der Waals surface area contributed by atoms with Gasteiger partial charge in [0.2, 0.25) is 5.91 Å². The Kier molecular flexibility index (Phi) is 6.66. The number of ether oxygens (including phenoxy) is 1. The predicted molar refractivity (Wildman–Crippen MR) is 72.0 cm³/mol. The summed E-state index contributed by atoms with van der Waals surface area (Å²) in [6.45, 7) is 13.1. The molecule has 0 saturated carbocycles. The van der Waals surface area contributed by atoms with Gasteiger partial charge in [-0.15, -0.1) is 6.58 Å². The monoisotopic (exact) mass is 255 g/mol. The van der Waals surface area contributed by atoms with Crippen molar-refractivity contribution >= 4 is 11.9 Å². The second kappa shape index (κ2) is 7.19. The molecule has 0 aliphatic rings. The molecular formula is C14H25NO3. The minimum absolute atomic E-state index is 0.0331. The number of carbonyl (C=O) groups excluding carboxylic acids is 2. The average Bonchev–Trinajstić information content (AvgIpc) is 2.15. The van der Waals surface area contributed by atoms with Crippen LogP contribution in [0.25, 0.3) is 0 Å². The van der Waals surface area contributed by atoms with Gasteiger partial charge in [0, 0.05) is 6.04 Å². The third-order valence-corrected chi connectivity index (χ3v) is 2.56. The highest BCUT2D eigenvalue weighted by molar-refractivity contribution is 5.98. The van der Waals surface area contributed by atoms with E-state index in [1.54, 1.807) is 13.0 Å². The maximum absolute atomic E-state index is 12.1. The van der Waals surface area contributed by atoms with Crippen LogP contribution in [0.2, 0.25) is 0 Å². The second-order valence-corrected chi connectivity index (χ2v) is 5.49. The molecular weight excluding hydrogens is 230 g/mol. The molecule has 4 nitrogen and oxygen atoms in total. The number of hydrogen-bond donors (Lipinski definition) is 1. The van der Waals surface area contributed by atoms with Gasteiger partial charge >= 0.3 is 5.97 Å². The molecule has 0 aromatic carbocycles.